The number of ether oxygens (including phenoxy) is 5. The number of sulfonamides is 1. The van der Waals surface area contributed by atoms with Gasteiger partial charge in [-0.3, -0.25) is 0 Å². The quantitative estimate of drug-likeness (QED) is 0.430. The van der Waals surface area contributed by atoms with Gasteiger partial charge >= 0.3 is 6.09 Å². The highest BCUT2D eigenvalue weighted by Crippen LogP contribution is 2.33. The molecule has 2 fully saturated rings. The van der Waals surface area contributed by atoms with Crippen molar-refractivity contribution in [1.29, 1.82) is 0 Å². The molecule has 2 aromatic carbocycles. The Morgan fingerprint density at radius 3 is 2.61 bits per heavy atom. The van der Waals surface area contributed by atoms with E-state index in [0.717, 1.165) is 43.9 Å². The Hall–Kier alpha value is -2.88. The van der Waals surface area contributed by atoms with Gasteiger partial charge in [-0.05, 0) is 61.6 Å². The Balaban J connectivity index is 1.39. The average Bonchev–Trinajstić information content (AvgIpc) is 3.63. The molecular weight excluding hydrogens is 626 g/mol. The molecule has 5 atom stereocenters. The Bertz CT molecular complexity index is 1430. The van der Waals surface area contributed by atoms with Crippen LogP contribution in [0, 0.1) is 17.6 Å². The molecule has 0 aromatic heterocycles. The molecule has 14 heteroatoms. The largest absolute Gasteiger partial charge is 0.497 e. The van der Waals surface area contributed by atoms with Crippen molar-refractivity contribution < 1.29 is 50.8 Å². The summed E-state index contributed by atoms with van der Waals surface area (Å²) in [5, 5.41) is 14.2. The molecule has 5 rings (SSSR count). The molecule has 2 aromatic rings. The predicted octanol–water partition coefficient (Wildman–Crippen LogP) is 3.90. The lowest BCUT2D eigenvalue weighted by atomic mass is 10.0. The molecule has 0 spiro atoms. The van der Waals surface area contributed by atoms with Crippen molar-refractivity contribution in [1.82, 2.24) is 9.62 Å². The number of β-amino-alcohol motifs (C(OH)–C–C–N with tert-alkyl or cyclic N) is 1. The van der Waals surface area contributed by atoms with Crippen LogP contribution in [0.15, 0.2) is 41.3 Å². The fourth-order valence-corrected chi connectivity index (χ4v) is 7.86. The minimum Gasteiger partial charge on any atom is -0.497 e. The number of rotatable bonds is 8. The lowest BCUT2D eigenvalue weighted by Crippen LogP contribution is -2.51. The van der Waals surface area contributed by atoms with Gasteiger partial charge < -0.3 is 34.1 Å². The summed E-state index contributed by atoms with van der Waals surface area (Å²) in [6.07, 6.45) is 1.05. The smallest absolute Gasteiger partial charge is 0.407 e. The molecule has 11 nitrogen and oxygen atoms in total. The van der Waals surface area contributed by atoms with Crippen molar-refractivity contribution in [3.63, 3.8) is 0 Å². The third kappa shape index (κ3) is 8.72. The first kappa shape index (κ1) is 34.5. The summed E-state index contributed by atoms with van der Waals surface area (Å²) in [6, 6.07) is 6.38. The molecule has 3 heterocycles. The van der Waals surface area contributed by atoms with Gasteiger partial charge in [-0.15, -0.1) is 0 Å². The number of nitrogens with one attached hydrogen (secondary N) is 1. The van der Waals surface area contributed by atoms with Gasteiger partial charge in [-0.1, -0.05) is 19.3 Å². The van der Waals surface area contributed by atoms with Gasteiger partial charge in [-0.25, -0.2) is 22.0 Å². The molecule has 2 saturated heterocycles. The number of fused-ring (bicyclic) bond motifs is 2. The number of carbonyl (C=O) groups is 1. The van der Waals surface area contributed by atoms with Crippen LogP contribution in [-0.2, 0) is 42.0 Å². The Labute approximate surface area is 268 Å². The first-order valence-electron chi connectivity index (χ1n) is 15.7. The van der Waals surface area contributed by atoms with Gasteiger partial charge in [0.1, 0.15) is 23.5 Å². The van der Waals surface area contributed by atoms with Crippen LogP contribution >= 0.6 is 0 Å². The summed E-state index contributed by atoms with van der Waals surface area (Å²) in [5.74, 6) is -1.30. The molecule has 46 heavy (non-hydrogen) atoms. The highest BCUT2D eigenvalue weighted by atomic mass is 32.2. The molecule has 254 valence electrons. The number of methoxy groups -OCH3 is 1. The number of alkyl carbamates (subject to hydrolysis) is 1. The lowest BCUT2D eigenvalue weighted by molar-refractivity contribution is -0.0907. The number of amides is 1. The molecule has 0 bridgehead atoms. The second-order valence-electron chi connectivity index (χ2n) is 11.9. The van der Waals surface area contributed by atoms with Gasteiger partial charge in [0.2, 0.25) is 10.0 Å². The summed E-state index contributed by atoms with van der Waals surface area (Å²) in [4.78, 5) is 13.1. The lowest BCUT2D eigenvalue weighted by Gasteiger charge is -2.30. The zero-order chi connectivity index (χ0) is 32.7. The molecule has 2 N–H and O–H groups in total. The minimum atomic E-state index is -4.18. The Morgan fingerprint density at radius 1 is 1.07 bits per heavy atom. The summed E-state index contributed by atoms with van der Waals surface area (Å²) < 4.78 is 85.5. The number of aliphatic hydroxyl groups excluding tert-OH is 1. The summed E-state index contributed by atoms with van der Waals surface area (Å²) in [5.41, 5.74) is 0.581. The van der Waals surface area contributed by atoms with Crippen molar-refractivity contribution in [3.05, 3.63) is 59.2 Å². The second-order valence-corrected chi connectivity index (χ2v) is 13.8. The van der Waals surface area contributed by atoms with E-state index in [9.17, 15) is 27.1 Å². The van der Waals surface area contributed by atoms with Gasteiger partial charge in [0, 0.05) is 31.3 Å². The third-order valence-electron chi connectivity index (χ3n) is 8.62. The molecule has 0 aliphatic carbocycles. The van der Waals surface area contributed by atoms with Crippen molar-refractivity contribution in [2.45, 2.75) is 81.0 Å². The highest BCUT2D eigenvalue weighted by molar-refractivity contribution is 7.89. The maximum Gasteiger partial charge on any atom is 0.407 e. The highest BCUT2D eigenvalue weighted by Gasteiger charge is 2.44. The molecule has 0 radical (unpaired) electrons. The SMILES string of the molecule is COc1ccc2c(c1)COCCCCCCCN(C[C@@H](O)[C@H](Cc1cc(F)cc(F)c1)NC(=O)OC1CO[C@H]3OCC[C@@H]13)S2(=O)=O. The van der Waals surface area contributed by atoms with E-state index in [1.165, 1.54) is 17.5 Å². The fourth-order valence-electron chi connectivity index (χ4n) is 6.17. The van der Waals surface area contributed by atoms with Crippen LogP contribution in [0.2, 0.25) is 0 Å². The number of hydrogen-bond donors (Lipinski definition) is 2. The summed E-state index contributed by atoms with van der Waals surface area (Å²) in [7, 11) is -2.69. The van der Waals surface area contributed by atoms with Crippen LogP contribution in [-0.4, -0.2) is 88.5 Å². The topological polar surface area (TPSA) is 133 Å². The van der Waals surface area contributed by atoms with Crippen LogP contribution in [0.5, 0.6) is 5.75 Å². The van der Waals surface area contributed by atoms with Crippen LogP contribution in [0.4, 0.5) is 13.6 Å². The number of carbonyl (C=O) groups excluding carboxylic acids is 1. The van der Waals surface area contributed by atoms with E-state index in [2.05, 4.69) is 5.32 Å². The molecule has 3 aliphatic heterocycles. The monoisotopic (exact) mass is 668 g/mol. The fraction of sp³-hybridized carbons (Fsp3) is 0.594. The van der Waals surface area contributed by atoms with Gasteiger partial charge in [0.25, 0.3) is 0 Å². The van der Waals surface area contributed by atoms with Crippen LogP contribution in [0.3, 0.4) is 0 Å². The molecule has 1 unspecified atom stereocenters. The van der Waals surface area contributed by atoms with Crippen molar-refractivity contribution in [3.8, 4) is 5.75 Å². The van der Waals surface area contributed by atoms with E-state index in [1.54, 1.807) is 12.1 Å². The van der Waals surface area contributed by atoms with E-state index in [-0.39, 0.29) is 42.6 Å². The zero-order valence-corrected chi connectivity index (χ0v) is 26.7. The second kappa shape index (κ2) is 15.8. The van der Waals surface area contributed by atoms with Crippen LogP contribution in [0.1, 0.15) is 49.7 Å². The number of aliphatic hydroxyl groups is 1. The number of hydrogen-bond acceptors (Lipinski definition) is 9. The van der Waals surface area contributed by atoms with Crippen molar-refractivity contribution in [2.75, 3.05) is 40.0 Å². The molecule has 0 saturated carbocycles. The number of halogens is 2. The minimum absolute atomic E-state index is 0.0189. The van der Waals surface area contributed by atoms with Crippen molar-refractivity contribution >= 4 is 16.1 Å². The number of benzene rings is 2. The zero-order valence-electron chi connectivity index (χ0n) is 25.9. The van der Waals surface area contributed by atoms with Gasteiger partial charge in [-0.2, -0.15) is 4.31 Å². The molecular formula is C32H42F2N2O9S. The van der Waals surface area contributed by atoms with E-state index in [1.807, 2.05) is 0 Å². The standard InChI is InChI=1S/C32H42F2N2O9S/c1-41-25-7-8-30-22(16-25)19-42-11-6-4-2-3-5-10-36(46(30,39)40)18-28(37)27(15-21-13-23(33)17-24(34)14-21)35-32(38)45-29-20-44-31-26(29)9-12-43-31/h7-8,13-14,16-17,26-29,31,37H,2-6,9-12,15,18-20H2,1H3,(H,35,38)/t26-,27-,28+,29?,31+/m0/s1. The first-order chi connectivity index (χ1) is 22.1. The van der Waals surface area contributed by atoms with E-state index < -0.39 is 58.8 Å². The molecule has 1 amide bonds. The van der Waals surface area contributed by atoms with Crippen molar-refractivity contribution in [2.24, 2.45) is 5.92 Å². The van der Waals surface area contributed by atoms with E-state index in [4.69, 9.17) is 23.7 Å². The average molecular weight is 669 g/mol. The maximum atomic E-state index is 14.2. The predicted molar refractivity (Wildman–Crippen MR) is 162 cm³/mol. The molecule has 3 aliphatic rings. The van der Waals surface area contributed by atoms with Crippen LogP contribution in [0.25, 0.3) is 0 Å². The van der Waals surface area contributed by atoms with Gasteiger partial charge in [0.05, 0.1) is 49.9 Å². The normalized spacial score (nSPS) is 25.2. The van der Waals surface area contributed by atoms with Crippen LogP contribution < -0.4 is 10.1 Å². The summed E-state index contributed by atoms with van der Waals surface area (Å²) in [6.45, 7) is 0.884. The van der Waals surface area contributed by atoms with E-state index in [0.29, 0.717) is 37.4 Å². The maximum absolute atomic E-state index is 14.2. The first-order valence-corrected chi connectivity index (χ1v) is 17.2. The Kier molecular flexibility index (Phi) is 11.8. The third-order valence-corrected chi connectivity index (χ3v) is 10.6. The summed E-state index contributed by atoms with van der Waals surface area (Å²) >= 11 is 0. The Morgan fingerprint density at radius 2 is 1.83 bits per heavy atom. The van der Waals surface area contributed by atoms with E-state index >= 15 is 0 Å². The van der Waals surface area contributed by atoms with Gasteiger partial charge in [0.15, 0.2) is 6.29 Å². The number of nitrogens with zero attached hydrogens (tertiary/aromatic N) is 1.